The first-order valence-electron chi connectivity index (χ1n) is 29.3. The van der Waals surface area contributed by atoms with E-state index in [4.69, 9.17) is 9.05 Å². The molecule has 0 rings (SSSR count). The van der Waals surface area contributed by atoms with Crippen molar-refractivity contribution in [1.82, 2.24) is 5.32 Å². The molecule has 0 fully saturated rings. The highest BCUT2D eigenvalue weighted by Crippen LogP contribution is 2.43. The number of hydrogen-bond donors (Lipinski definition) is 3. The fourth-order valence-corrected chi connectivity index (χ4v) is 9.10. The summed E-state index contributed by atoms with van der Waals surface area (Å²) in [4.78, 5) is 23.3. The number of rotatable bonds is 53. The van der Waals surface area contributed by atoms with Crippen molar-refractivity contribution >= 4 is 13.7 Å². The number of unbranched alkanes of at least 4 members (excludes halogenated alkanes) is 30. The molecular formula is C61H114N2O6P+. The fraction of sp³-hybridized carbons (Fsp3) is 0.787. The Labute approximate surface area is 434 Å². The third-order valence-electron chi connectivity index (χ3n) is 12.9. The molecule has 0 saturated heterocycles. The van der Waals surface area contributed by atoms with Crippen LogP contribution in [0.3, 0.4) is 0 Å². The molecule has 0 aromatic rings. The molecular weight excluding hydrogens is 888 g/mol. The van der Waals surface area contributed by atoms with Gasteiger partial charge in [-0.2, -0.15) is 0 Å². The predicted molar refractivity (Wildman–Crippen MR) is 304 cm³/mol. The molecule has 0 saturated carbocycles. The first-order valence-corrected chi connectivity index (χ1v) is 30.8. The van der Waals surface area contributed by atoms with Gasteiger partial charge in [-0.15, -0.1) is 0 Å². The molecule has 408 valence electrons. The molecule has 1 amide bonds. The Morgan fingerprint density at radius 1 is 0.500 bits per heavy atom. The van der Waals surface area contributed by atoms with Crippen LogP contribution in [0.25, 0.3) is 0 Å². The summed E-state index contributed by atoms with van der Waals surface area (Å²) >= 11 is 0. The number of quaternary nitrogens is 1. The molecule has 9 heteroatoms. The minimum atomic E-state index is -4.36. The Morgan fingerprint density at radius 2 is 0.857 bits per heavy atom. The summed E-state index contributed by atoms with van der Waals surface area (Å²) < 4.78 is 23.7. The zero-order valence-corrected chi connectivity index (χ0v) is 47.4. The van der Waals surface area contributed by atoms with Gasteiger partial charge in [-0.25, -0.2) is 4.57 Å². The number of likely N-dealkylation sites (N-methyl/N-ethyl adjacent to an activating group) is 1. The summed E-state index contributed by atoms with van der Waals surface area (Å²) in [6, 6.07) is -0.869. The lowest BCUT2D eigenvalue weighted by molar-refractivity contribution is -0.870. The predicted octanol–water partition coefficient (Wildman–Crippen LogP) is 17.9. The number of aliphatic hydroxyl groups is 1. The zero-order valence-electron chi connectivity index (χ0n) is 46.5. The van der Waals surface area contributed by atoms with E-state index in [0.29, 0.717) is 17.4 Å². The van der Waals surface area contributed by atoms with E-state index >= 15 is 0 Å². The van der Waals surface area contributed by atoms with Gasteiger partial charge in [-0.05, 0) is 64.2 Å². The first kappa shape index (κ1) is 67.9. The quantitative estimate of drug-likeness (QED) is 0.0243. The molecule has 0 spiro atoms. The maximum Gasteiger partial charge on any atom is 0.472 e. The molecule has 3 atom stereocenters. The van der Waals surface area contributed by atoms with Crippen LogP contribution in [0.5, 0.6) is 0 Å². The van der Waals surface area contributed by atoms with E-state index in [1.54, 1.807) is 6.08 Å². The summed E-state index contributed by atoms with van der Waals surface area (Å²) in [5, 5.41) is 13.9. The van der Waals surface area contributed by atoms with Crippen LogP contribution >= 0.6 is 7.82 Å². The Hall–Kier alpha value is -2.06. The van der Waals surface area contributed by atoms with E-state index in [1.165, 1.54) is 161 Å². The third-order valence-corrected chi connectivity index (χ3v) is 13.9. The SMILES string of the molecule is CC/C=C\C/C=C\C/C=C\C/C=C\C/C=C\CCCCCC(=O)NC(COP(=O)(O)OCC[N+](C)(C)C)C(O)/C=C/CCCCCCCCCCCCCCCCCCCCCCCCCCCCC. The molecule has 3 N–H and O–H groups in total. The third kappa shape index (κ3) is 53.7. The average Bonchev–Trinajstić information content (AvgIpc) is 3.32. The van der Waals surface area contributed by atoms with Crippen molar-refractivity contribution < 1.29 is 32.9 Å². The smallest absolute Gasteiger partial charge is 0.387 e. The lowest BCUT2D eigenvalue weighted by atomic mass is 10.0. The summed E-state index contributed by atoms with van der Waals surface area (Å²) in [7, 11) is 1.54. The van der Waals surface area contributed by atoms with Crippen molar-refractivity contribution in [3.05, 3.63) is 72.9 Å². The Bertz CT molecular complexity index is 1370. The van der Waals surface area contributed by atoms with Crippen LogP contribution in [-0.2, 0) is 18.4 Å². The van der Waals surface area contributed by atoms with Gasteiger partial charge in [0, 0.05) is 6.42 Å². The Morgan fingerprint density at radius 3 is 1.26 bits per heavy atom. The second-order valence-corrected chi connectivity index (χ2v) is 22.4. The van der Waals surface area contributed by atoms with Crippen molar-refractivity contribution in [2.45, 2.75) is 270 Å². The van der Waals surface area contributed by atoms with Gasteiger partial charge >= 0.3 is 7.82 Å². The summed E-state index contributed by atoms with van der Waals surface area (Å²) in [6.07, 6.45) is 71.6. The van der Waals surface area contributed by atoms with Crippen LogP contribution in [0, 0.1) is 0 Å². The van der Waals surface area contributed by atoms with Crippen LogP contribution in [0.1, 0.15) is 258 Å². The van der Waals surface area contributed by atoms with Crippen molar-refractivity contribution in [3.63, 3.8) is 0 Å². The molecule has 8 nitrogen and oxygen atoms in total. The lowest BCUT2D eigenvalue weighted by Crippen LogP contribution is -2.45. The molecule has 0 aromatic carbocycles. The lowest BCUT2D eigenvalue weighted by Gasteiger charge is -2.25. The van der Waals surface area contributed by atoms with E-state index < -0.39 is 20.0 Å². The maximum absolute atomic E-state index is 13.0. The minimum absolute atomic E-state index is 0.0516. The normalized spacial score (nSPS) is 14.4. The number of phosphoric ester groups is 1. The van der Waals surface area contributed by atoms with E-state index in [1.807, 2.05) is 27.2 Å². The largest absolute Gasteiger partial charge is 0.472 e. The minimum Gasteiger partial charge on any atom is -0.387 e. The summed E-state index contributed by atoms with van der Waals surface area (Å²) in [5.41, 5.74) is 0. The molecule has 0 bridgehead atoms. The second kappa shape index (κ2) is 51.8. The van der Waals surface area contributed by atoms with Crippen LogP contribution in [0.15, 0.2) is 72.9 Å². The molecule has 0 aliphatic rings. The Kier molecular flexibility index (Phi) is 50.3. The summed E-state index contributed by atoms with van der Waals surface area (Å²) in [6.45, 7) is 4.69. The van der Waals surface area contributed by atoms with Crippen molar-refractivity contribution in [1.29, 1.82) is 0 Å². The van der Waals surface area contributed by atoms with Crippen LogP contribution in [0.4, 0.5) is 0 Å². The number of phosphoric acid groups is 1. The molecule has 0 radical (unpaired) electrons. The number of hydrogen-bond acceptors (Lipinski definition) is 5. The van der Waals surface area contributed by atoms with Gasteiger partial charge in [0.15, 0.2) is 0 Å². The Balaban J connectivity index is 4.21. The molecule has 0 aliphatic carbocycles. The van der Waals surface area contributed by atoms with Crippen molar-refractivity contribution in [3.8, 4) is 0 Å². The monoisotopic (exact) mass is 1000 g/mol. The fourth-order valence-electron chi connectivity index (χ4n) is 8.36. The number of amides is 1. The van der Waals surface area contributed by atoms with Gasteiger partial charge in [-0.1, -0.05) is 260 Å². The van der Waals surface area contributed by atoms with E-state index in [0.717, 1.165) is 77.0 Å². The zero-order chi connectivity index (χ0) is 51.3. The highest BCUT2D eigenvalue weighted by molar-refractivity contribution is 7.47. The van der Waals surface area contributed by atoms with Gasteiger partial charge in [0.25, 0.3) is 0 Å². The molecule has 3 unspecified atom stereocenters. The van der Waals surface area contributed by atoms with Gasteiger partial charge in [0.05, 0.1) is 39.9 Å². The first-order chi connectivity index (χ1) is 34.0. The highest BCUT2D eigenvalue weighted by atomic mass is 31.2. The van der Waals surface area contributed by atoms with Crippen molar-refractivity contribution in [2.24, 2.45) is 0 Å². The number of nitrogens with one attached hydrogen (secondary N) is 1. The topological polar surface area (TPSA) is 105 Å². The van der Waals surface area contributed by atoms with Gasteiger partial charge in [-0.3, -0.25) is 13.8 Å². The number of allylic oxidation sites excluding steroid dienone is 11. The van der Waals surface area contributed by atoms with Crippen molar-refractivity contribution in [2.75, 3.05) is 40.9 Å². The van der Waals surface area contributed by atoms with Gasteiger partial charge < -0.3 is 19.8 Å². The number of nitrogens with zero attached hydrogens (tertiary/aromatic N) is 1. The summed E-state index contributed by atoms with van der Waals surface area (Å²) in [5.74, 6) is -0.208. The molecule has 70 heavy (non-hydrogen) atoms. The van der Waals surface area contributed by atoms with Gasteiger partial charge in [0.2, 0.25) is 5.91 Å². The molecule has 0 heterocycles. The standard InChI is InChI=1S/C61H113N2O6P/c1-6-8-10-12-14-16-18-20-22-24-26-27-28-29-30-31-32-33-34-35-37-38-40-42-44-46-48-50-52-54-60(64)59(58-69-70(66,67)68-57-56-63(3,4)5)62-61(65)55-53-51-49-47-45-43-41-39-36-25-23-21-19-17-15-13-11-9-7-2/h9,11,15,17,21,23,36,39,43,45,52,54,59-60,64H,6-8,10,12-14,16,18-20,22,24-35,37-38,40-42,44,46-51,53,55-58H2,1-5H3,(H-,62,65,66,67)/p+1/b11-9-,17-15-,23-21-,39-36-,45-43-,54-52+. The second-order valence-electron chi connectivity index (χ2n) is 21.0. The van der Waals surface area contributed by atoms with E-state index in [2.05, 4.69) is 79.9 Å². The van der Waals surface area contributed by atoms with Crippen LogP contribution in [0.2, 0.25) is 0 Å². The average molecular weight is 1000 g/mol. The maximum atomic E-state index is 13.0. The van der Waals surface area contributed by atoms with Crippen LogP contribution < -0.4 is 5.32 Å². The number of carbonyl (C=O) groups excluding carboxylic acids is 1. The van der Waals surface area contributed by atoms with E-state index in [9.17, 15) is 19.4 Å². The highest BCUT2D eigenvalue weighted by Gasteiger charge is 2.27. The van der Waals surface area contributed by atoms with Crippen LogP contribution in [-0.4, -0.2) is 73.4 Å². The van der Waals surface area contributed by atoms with E-state index in [-0.39, 0.29) is 19.1 Å². The molecule has 0 aromatic heterocycles. The van der Waals surface area contributed by atoms with Gasteiger partial charge in [0.1, 0.15) is 13.2 Å². The number of carbonyl (C=O) groups is 1. The number of aliphatic hydroxyl groups excluding tert-OH is 1. The molecule has 0 aliphatic heterocycles.